The lowest BCUT2D eigenvalue weighted by Crippen LogP contribution is -2.46. The maximum atomic E-state index is 14.6. The summed E-state index contributed by atoms with van der Waals surface area (Å²) in [5.74, 6) is -0.961. The van der Waals surface area contributed by atoms with Crippen LogP contribution in [0.15, 0.2) is 48.5 Å². The van der Waals surface area contributed by atoms with Gasteiger partial charge in [-0.15, -0.1) is 0 Å². The Morgan fingerprint density at radius 2 is 1.83 bits per heavy atom. The van der Waals surface area contributed by atoms with Gasteiger partial charge in [-0.05, 0) is 28.7 Å². The van der Waals surface area contributed by atoms with Gasteiger partial charge in [0.25, 0.3) is 0 Å². The largest absolute Gasteiger partial charge is 0.465 e. The zero-order valence-corrected chi connectivity index (χ0v) is 16.3. The molecule has 5 nitrogen and oxygen atoms in total. The summed E-state index contributed by atoms with van der Waals surface area (Å²) in [7, 11) is 0. The number of carboxylic acid groups (broad SMARTS) is 1. The minimum absolute atomic E-state index is 0.0120. The summed E-state index contributed by atoms with van der Waals surface area (Å²) in [5, 5.41) is 12.1. The van der Waals surface area contributed by atoms with Gasteiger partial charge in [-0.3, -0.25) is 9.69 Å². The van der Waals surface area contributed by atoms with Gasteiger partial charge in [0.1, 0.15) is 18.0 Å². The number of rotatable bonds is 5. The average molecular weight is 402 g/mol. The van der Waals surface area contributed by atoms with Crippen LogP contribution < -0.4 is 5.32 Å². The van der Waals surface area contributed by atoms with Crippen LogP contribution in [0.5, 0.6) is 0 Å². The van der Waals surface area contributed by atoms with E-state index < -0.39 is 30.3 Å². The van der Waals surface area contributed by atoms with E-state index >= 15 is 0 Å². The Hall–Kier alpha value is -2.96. The average Bonchev–Trinajstić information content (AvgIpc) is 3.08. The lowest BCUT2D eigenvalue weighted by Gasteiger charge is -2.25. The molecule has 0 saturated carbocycles. The number of hydrogen-bond acceptors (Lipinski definition) is 2. The van der Waals surface area contributed by atoms with E-state index in [2.05, 4.69) is 5.32 Å². The molecule has 0 spiro atoms. The first-order valence-electron chi connectivity index (χ1n) is 9.56. The van der Waals surface area contributed by atoms with Gasteiger partial charge in [-0.25, -0.2) is 13.6 Å². The topological polar surface area (TPSA) is 69.6 Å². The van der Waals surface area contributed by atoms with Crippen LogP contribution in [0.1, 0.15) is 48.9 Å². The number of nitrogens with one attached hydrogen (secondary N) is 1. The molecule has 1 fully saturated rings. The molecule has 2 amide bonds. The summed E-state index contributed by atoms with van der Waals surface area (Å²) in [6.07, 6.45) is -2.92. The third kappa shape index (κ3) is 4.55. The van der Waals surface area contributed by atoms with E-state index in [9.17, 15) is 23.5 Å². The van der Waals surface area contributed by atoms with Crippen LogP contribution in [0.25, 0.3) is 0 Å². The van der Waals surface area contributed by atoms with Gasteiger partial charge < -0.3 is 10.4 Å². The van der Waals surface area contributed by atoms with Crippen molar-refractivity contribution in [3.05, 3.63) is 71.0 Å². The fourth-order valence-electron chi connectivity index (χ4n) is 3.68. The smallest absolute Gasteiger partial charge is 0.408 e. The van der Waals surface area contributed by atoms with Crippen molar-refractivity contribution in [2.24, 2.45) is 0 Å². The highest BCUT2D eigenvalue weighted by molar-refractivity contribution is 5.86. The van der Waals surface area contributed by atoms with Crippen molar-refractivity contribution in [3.8, 4) is 0 Å². The number of amides is 2. The van der Waals surface area contributed by atoms with Crippen molar-refractivity contribution in [1.82, 2.24) is 10.2 Å². The number of carbonyl (C=O) groups is 2. The molecule has 29 heavy (non-hydrogen) atoms. The highest BCUT2D eigenvalue weighted by atomic mass is 19.1. The van der Waals surface area contributed by atoms with E-state index in [1.807, 2.05) is 19.9 Å². The van der Waals surface area contributed by atoms with Gasteiger partial charge in [0.15, 0.2) is 0 Å². The van der Waals surface area contributed by atoms with Gasteiger partial charge in [0.05, 0.1) is 12.6 Å². The fourth-order valence-corrected chi connectivity index (χ4v) is 3.68. The molecule has 154 valence electrons. The number of nitrogens with zero attached hydrogens (tertiary/aromatic N) is 1. The number of benzene rings is 2. The first-order chi connectivity index (χ1) is 13.8. The fraction of sp³-hybridized carbons (Fsp3) is 0.364. The number of hydrogen-bond donors (Lipinski definition) is 2. The van der Waals surface area contributed by atoms with Crippen LogP contribution in [0.3, 0.4) is 0 Å². The van der Waals surface area contributed by atoms with Crippen molar-refractivity contribution in [1.29, 1.82) is 0 Å². The molecule has 1 aliphatic rings. The van der Waals surface area contributed by atoms with Crippen molar-refractivity contribution >= 4 is 12.0 Å². The molecule has 0 aliphatic carbocycles. The van der Waals surface area contributed by atoms with Crippen molar-refractivity contribution in [2.75, 3.05) is 6.54 Å². The summed E-state index contributed by atoms with van der Waals surface area (Å²) in [5.41, 5.74) is 1.82. The Kier molecular flexibility index (Phi) is 6.15. The van der Waals surface area contributed by atoms with Crippen LogP contribution in [0.2, 0.25) is 0 Å². The number of alkyl halides is 1. The molecule has 0 aromatic heterocycles. The Morgan fingerprint density at radius 1 is 1.14 bits per heavy atom. The zero-order valence-electron chi connectivity index (χ0n) is 16.3. The molecule has 2 N–H and O–H groups in total. The summed E-state index contributed by atoms with van der Waals surface area (Å²) in [4.78, 5) is 25.0. The summed E-state index contributed by atoms with van der Waals surface area (Å²) < 4.78 is 28.4. The third-order valence-electron chi connectivity index (χ3n) is 5.20. The first kappa shape index (κ1) is 20.8. The zero-order chi connectivity index (χ0) is 21.1. The molecule has 0 radical (unpaired) electrons. The Balaban J connectivity index is 1.92. The standard InChI is InChI=1S/C22H24F2N2O3/c1-13(2)17-9-8-15(10-18(17)24)20(14-6-4-3-5-7-14)25-21(27)19-11-16(23)12-26(19)22(28)29/h3-10,13,16,19-20H,11-12H2,1-2H3,(H,25,27)(H,28,29)/t16?,19?,20-/m0/s1. The molecule has 1 aliphatic heterocycles. The van der Waals surface area contributed by atoms with Gasteiger partial charge in [-0.2, -0.15) is 0 Å². The van der Waals surface area contributed by atoms with E-state index in [1.165, 1.54) is 6.07 Å². The molecule has 0 bridgehead atoms. The Morgan fingerprint density at radius 3 is 2.41 bits per heavy atom. The molecular weight excluding hydrogens is 378 g/mol. The van der Waals surface area contributed by atoms with E-state index in [4.69, 9.17) is 0 Å². The van der Waals surface area contributed by atoms with Crippen LogP contribution >= 0.6 is 0 Å². The first-order valence-corrected chi connectivity index (χ1v) is 9.56. The SMILES string of the molecule is CC(C)c1ccc([C@@H](NC(=O)C2CC(F)CN2C(=O)O)c2ccccc2)cc1F. The summed E-state index contributed by atoms with van der Waals surface area (Å²) in [6.45, 7) is 3.45. The van der Waals surface area contributed by atoms with Gasteiger partial charge in [0.2, 0.25) is 5.91 Å². The Bertz CT molecular complexity index is 889. The molecule has 7 heteroatoms. The van der Waals surface area contributed by atoms with Gasteiger partial charge in [0, 0.05) is 6.42 Å². The normalized spacial score (nSPS) is 20.0. The lowest BCUT2D eigenvalue weighted by atomic mass is 9.94. The minimum atomic E-state index is -1.39. The van der Waals surface area contributed by atoms with Crippen molar-refractivity contribution in [3.63, 3.8) is 0 Å². The maximum Gasteiger partial charge on any atom is 0.408 e. The van der Waals surface area contributed by atoms with Crippen molar-refractivity contribution < 1.29 is 23.5 Å². The monoisotopic (exact) mass is 402 g/mol. The molecule has 2 aromatic carbocycles. The molecule has 3 atom stereocenters. The number of carbonyl (C=O) groups excluding carboxylic acids is 1. The quantitative estimate of drug-likeness (QED) is 0.786. The minimum Gasteiger partial charge on any atom is -0.465 e. The summed E-state index contributed by atoms with van der Waals surface area (Å²) >= 11 is 0. The van der Waals surface area contributed by atoms with E-state index in [1.54, 1.807) is 36.4 Å². The highest BCUT2D eigenvalue weighted by Crippen LogP contribution is 2.28. The van der Waals surface area contributed by atoms with E-state index in [-0.39, 0.29) is 24.7 Å². The van der Waals surface area contributed by atoms with E-state index in [0.29, 0.717) is 16.7 Å². The molecule has 2 unspecified atom stereocenters. The second-order valence-electron chi connectivity index (χ2n) is 7.57. The molecule has 1 saturated heterocycles. The van der Waals surface area contributed by atoms with Gasteiger partial charge in [-0.1, -0.05) is 56.3 Å². The second kappa shape index (κ2) is 8.59. The van der Waals surface area contributed by atoms with Crippen LogP contribution in [0.4, 0.5) is 13.6 Å². The van der Waals surface area contributed by atoms with Crippen LogP contribution in [-0.4, -0.2) is 40.8 Å². The maximum absolute atomic E-state index is 14.6. The van der Waals surface area contributed by atoms with Gasteiger partial charge >= 0.3 is 6.09 Å². The summed E-state index contributed by atoms with van der Waals surface area (Å²) in [6, 6.07) is 12.0. The third-order valence-corrected chi connectivity index (χ3v) is 5.20. The second-order valence-corrected chi connectivity index (χ2v) is 7.57. The molecular formula is C22H24F2N2O3. The van der Waals surface area contributed by atoms with Crippen molar-refractivity contribution in [2.45, 2.75) is 44.4 Å². The molecule has 3 rings (SSSR count). The highest BCUT2D eigenvalue weighted by Gasteiger charge is 2.40. The Labute approximate surface area is 168 Å². The molecule has 2 aromatic rings. The van der Waals surface area contributed by atoms with Crippen LogP contribution in [-0.2, 0) is 4.79 Å². The predicted molar refractivity (Wildman–Crippen MR) is 105 cm³/mol. The predicted octanol–water partition coefficient (Wildman–Crippen LogP) is 4.25. The number of likely N-dealkylation sites (tertiary alicyclic amines) is 1. The lowest BCUT2D eigenvalue weighted by molar-refractivity contribution is -0.125. The van der Waals surface area contributed by atoms with Crippen LogP contribution in [0, 0.1) is 5.82 Å². The molecule has 1 heterocycles. The number of halogens is 2. The van der Waals surface area contributed by atoms with E-state index in [0.717, 1.165) is 4.90 Å².